The van der Waals surface area contributed by atoms with Crippen LogP contribution in [-0.4, -0.2) is 5.78 Å². The molecule has 0 spiro atoms. The number of Topliss-reactive ketones (excluding diaryl/α,β-unsaturated/α-hetero) is 1. The lowest BCUT2D eigenvalue weighted by Crippen LogP contribution is -1.91. The van der Waals surface area contributed by atoms with E-state index in [2.05, 4.69) is 6.58 Å². The number of halogens is 1. The Balaban J connectivity index is 4.76. The molecule has 0 radical (unpaired) electrons. The molecule has 0 amide bonds. The molecule has 0 unspecified atom stereocenters. The predicted molar refractivity (Wildman–Crippen MR) is 53.2 cm³/mol. The van der Waals surface area contributed by atoms with Crippen molar-refractivity contribution in [2.24, 2.45) is 0 Å². The Bertz CT molecular complexity index is 259. The molecule has 0 aromatic rings. The smallest absolute Gasteiger partial charge is 0.155 e. The van der Waals surface area contributed by atoms with E-state index in [1.54, 1.807) is 19.1 Å². The predicted octanol–water partition coefficient (Wildman–Crippen LogP) is 3.22. The van der Waals surface area contributed by atoms with E-state index >= 15 is 0 Å². The van der Waals surface area contributed by atoms with Crippen molar-refractivity contribution in [3.05, 3.63) is 34.9 Å². The van der Waals surface area contributed by atoms with E-state index < -0.39 is 0 Å². The van der Waals surface area contributed by atoms with Gasteiger partial charge in [0, 0.05) is 5.03 Å². The Morgan fingerprint density at radius 3 is 2.17 bits per heavy atom. The molecule has 1 nitrogen and oxygen atoms in total. The van der Waals surface area contributed by atoms with Gasteiger partial charge in [-0.3, -0.25) is 4.79 Å². The molecule has 0 aliphatic heterocycles. The van der Waals surface area contributed by atoms with Gasteiger partial charge in [0.2, 0.25) is 0 Å². The van der Waals surface area contributed by atoms with Crippen molar-refractivity contribution in [3.63, 3.8) is 0 Å². The van der Waals surface area contributed by atoms with Crippen LogP contribution >= 0.6 is 11.6 Å². The molecule has 0 aromatic heterocycles. The van der Waals surface area contributed by atoms with Crippen molar-refractivity contribution < 1.29 is 4.79 Å². The molecular formula is C10H13ClO. The molecule has 0 aliphatic rings. The fourth-order valence-electron chi connectivity index (χ4n) is 0.503. The summed E-state index contributed by atoms with van der Waals surface area (Å²) in [6, 6.07) is 0. The molecule has 0 atom stereocenters. The molecule has 0 aromatic carbocycles. The lowest BCUT2D eigenvalue weighted by molar-refractivity contribution is -0.113. The number of allylic oxidation sites excluding steroid dienone is 5. The zero-order chi connectivity index (χ0) is 9.72. The van der Waals surface area contributed by atoms with Gasteiger partial charge in [0.05, 0.1) is 0 Å². The minimum atomic E-state index is 0.0324. The number of hydrogen-bond acceptors (Lipinski definition) is 1. The van der Waals surface area contributed by atoms with Crippen molar-refractivity contribution in [1.29, 1.82) is 0 Å². The van der Waals surface area contributed by atoms with Crippen LogP contribution in [0.4, 0.5) is 0 Å². The third kappa shape index (κ3) is 3.54. The van der Waals surface area contributed by atoms with Gasteiger partial charge in [-0.05, 0) is 38.0 Å². The molecule has 0 bridgehead atoms. The molecule has 12 heavy (non-hydrogen) atoms. The van der Waals surface area contributed by atoms with Crippen LogP contribution in [0.1, 0.15) is 20.8 Å². The average molecular weight is 185 g/mol. The fourth-order valence-corrected chi connectivity index (χ4v) is 0.744. The summed E-state index contributed by atoms with van der Waals surface area (Å²) in [5, 5.41) is 0.567. The second-order valence-corrected chi connectivity index (χ2v) is 3.03. The summed E-state index contributed by atoms with van der Waals surface area (Å²) < 4.78 is 0. The first kappa shape index (κ1) is 11.2. The molecule has 0 saturated carbocycles. The van der Waals surface area contributed by atoms with Gasteiger partial charge in [-0.25, -0.2) is 0 Å². The van der Waals surface area contributed by atoms with E-state index in [9.17, 15) is 4.79 Å². The fraction of sp³-hybridized carbons (Fsp3) is 0.300. The van der Waals surface area contributed by atoms with Crippen LogP contribution in [0.2, 0.25) is 0 Å². The highest BCUT2D eigenvalue weighted by atomic mass is 35.5. The number of carbonyl (C=O) groups excluding carboxylic acids is 1. The van der Waals surface area contributed by atoms with Crippen LogP contribution in [0.15, 0.2) is 34.9 Å². The Morgan fingerprint density at radius 2 is 1.83 bits per heavy atom. The van der Waals surface area contributed by atoms with Crippen LogP contribution in [0.5, 0.6) is 0 Å². The van der Waals surface area contributed by atoms with Gasteiger partial charge < -0.3 is 0 Å². The van der Waals surface area contributed by atoms with Crippen LogP contribution < -0.4 is 0 Å². The summed E-state index contributed by atoms with van der Waals surface area (Å²) in [4.78, 5) is 10.8. The van der Waals surface area contributed by atoms with Gasteiger partial charge in [-0.15, -0.1) is 0 Å². The summed E-state index contributed by atoms with van der Waals surface area (Å²) >= 11 is 5.85. The van der Waals surface area contributed by atoms with E-state index in [0.29, 0.717) is 10.6 Å². The monoisotopic (exact) mass is 184 g/mol. The second kappa shape index (κ2) is 4.94. The Hall–Kier alpha value is -0.820. The summed E-state index contributed by atoms with van der Waals surface area (Å²) in [6.45, 7) is 8.67. The summed E-state index contributed by atoms with van der Waals surface area (Å²) in [7, 11) is 0. The molecule has 0 N–H and O–H groups in total. The maximum atomic E-state index is 10.8. The Labute approximate surface area is 78.4 Å². The minimum absolute atomic E-state index is 0.0324. The SMILES string of the molecule is C=C/C(C)=C(Cl)\C=C(/C)C(C)=O. The largest absolute Gasteiger partial charge is 0.295 e. The van der Waals surface area contributed by atoms with Gasteiger partial charge in [-0.1, -0.05) is 24.3 Å². The second-order valence-electron chi connectivity index (χ2n) is 2.62. The van der Waals surface area contributed by atoms with Crippen molar-refractivity contribution in [2.45, 2.75) is 20.8 Å². The van der Waals surface area contributed by atoms with Gasteiger partial charge in [-0.2, -0.15) is 0 Å². The van der Waals surface area contributed by atoms with E-state index in [1.807, 2.05) is 6.92 Å². The molecule has 0 rings (SSSR count). The average Bonchev–Trinajstić information content (AvgIpc) is 2.02. The lowest BCUT2D eigenvalue weighted by atomic mass is 10.1. The molecule has 0 aliphatic carbocycles. The molecular weight excluding hydrogens is 172 g/mol. The third-order valence-corrected chi connectivity index (χ3v) is 1.99. The van der Waals surface area contributed by atoms with Crippen LogP contribution in [0.25, 0.3) is 0 Å². The normalized spacial score (nSPS) is 13.8. The molecule has 0 heterocycles. The number of carbonyl (C=O) groups is 1. The molecule has 2 heteroatoms. The first-order chi connectivity index (χ1) is 5.49. The zero-order valence-corrected chi connectivity index (χ0v) is 8.40. The minimum Gasteiger partial charge on any atom is -0.295 e. The number of ketones is 1. The van der Waals surface area contributed by atoms with Crippen molar-refractivity contribution in [1.82, 2.24) is 0 Å². The maximum Gasteiger partial charge on any atom is 0.155 e. The van der Waals surface area contributed by atoms with Gasteiger partial charge in [0.1, 0.15) is 0 Å². The summed E-state index contributed by atoms with van der Waals surface area (Å²) in [5.74, 6) is 0.0324. The van der Waals surface area contributed by atoms with Gasteiger partial charge in [0.25, 0.3) is 0 Å². The quantitative estimate of drug-likeness (QED) is 0.486. The van der Waals surface area contributed by atoms with Crippen molar-refractivity contribution in [3.8, 4) is 0 Å². The van der Waals surface area contributed by atoms with E-state index in [4.69, 9.17) is 11.6 Å². The zero-order valence-electron chi connectivity index (χ0n) is 7.65. The lowest BCUT2D eigenvalue weighted by Gasteiger charge is -1.96. The van der Waals surface area contributed by atoms with Crippen molar-refractivity contribution in [2.75, 3.05) is 0 Å². The Morgan fingerprint density at radius 1 is 1.33 bits per heavy atom. The van der Waals surface area contributed by atoms with Gasteiger partial charge >= 0.3 is 0 Å². The van der Waals surface area contributed by atoms with Crippen LogP contribution in [0, 0.1) is 0 Å². The highest BCUT2D eigenvalue weighted by molar-refractivity contribution is 6.32. The van der Waals surface area contributed by atoms with Gasteiger partial charge in [0.15, 0.2) is 5.78 Å². The van der Waals surface area contributed by atoms with Crippen LogP contribution in [0.3, 0.4) is 0 Å². The molecule has 0 fully saturated rings. The number of rotatable bonds is 3. The first-order valence-electron chi connectivity index (χ1n) is 3.67. The van der Waals surface area contributed by atoms with E-state index in [1.165, 1.54) is 6.92 Å². The standard InChI is InChI=1S/C10H13ClO/c1-5-7(2)10(11)6-8(3)9(4)12/h5-6H,1H2,2-4H3/b8-6+,10-7+. The van der Waals surface area contributed by atoms with E-state index in [-0.39, 0.29) is 5.78 Å². The highest BCUT2D eigenvalue weighted by Gasteiger charge is 1.97. The topological polar surface area (TPSA) is 17.1 Å². The molecule has 66 valence electrons. The van der Waals surface area contributed by atoms with E-state index in [0.717, 1.165) is 5.57 Å². The van der Waals surface area contributed by atoms with Crippen molar-refractivity contribution >= 4 is 17.4 Å². The maximum absolute atomic E-state index is 10.8. The Kier molecular flexibility index (Phi) is 4.60. The molecule has 0 saturated heterocycles. The number of hydrogen-bond donors (Lipinski definition) is 0. The first-order valence-corrected chi connectivity index (χ1v) is 4.05. The highest BCUT2D eigenvalue weighted by Crippen LogP contribution is 2.13. The van der Waals surface area contributed by atoms with Crippen LogP contribution in [-0.2, 0) is 4.79 Å². The summed E-state index contributed by atoms with van der Waals surface area (Å²) in [6.07, 6.45) is 3.31. The third-order valence-electron chi connectivity index (χ3n) is 1.58. The summed E-state index contributed by atoms with van der Waals surface area (Å²) in [5.41, 5.74) is 1.53.